The first kappa shape index (κ1) is 20.8. The topological polar surface area (TPSA) is 52.7 Å². The Morgan fingerprint density at radius 3 is 2.39 bits per heavy atom. The Morgan fingerprint density at radius 2 is 1.79 bits per heavy atom. The molecule has 154 valence electrons. The Bertz CT molecular complexity index is 682. The van der Waals surface area contributed by atoms with Crippen LogP contribution in [0.2, 0.25) is 0 Å². The highest BCUT2D eigenvalue weighted by atomic mass is 19.1. The van der Waals surface area contributed by atoms with Gasteiger partial charge in [-0.1, -0.05) is 31.9 Å². The molecule has 0 bridgehead atoms. The number of halogens is 1. The van der Waals surface area contributed by atoms with Gasteiger partial charge in [0.2, 0.25) is 5.91 Å². The van der Waals surface area contributed by atoms with Crippen molar-refractivity contribution in [3.05, 3.63) is 35.6 Å². The van der Waals surface area contributed by atoms with E-state index in [1.54, 1.807) is 17.0 Å². The number of hydrogen-bond donors (Lipinski definition) is 1. The van der Waals surface area contributed by atoms with Gasteiger partial charge >= 0.3 is 0 Å². The molecular formula is C22H32FN3O2. The molecule has 1 aliphatic heterocycles. The SMILES string of the molecule is CC[C@@H](C)NC(=O)[C@H](C1CCCC1)N1CCN(C(=O)c2ccccc2F)CC1. The van der Waals surface area contributed by atoms with Crippen molar-refractivity contribution in [1.29, 1.82) is 0 Å². The molecular weight excluding hydrogens is 357 g/mol. The molecule has 1 aromatic carbocycles. The smallest absolute Gasteiger partial charge is 0.256 e. The van der Waals surface area contributed by atoms with Gasteiger partial charge in [-0.05, 0) is 44.2 Å². The fourth-order valence-corrected chi connectivity index (χ4v) is 4.39. The number of carbonyl (C=O) groups excluding carboxylic acids is 2. The van der Waals surface area contributed by atoms with Crippen LogP contribution in [-0.2, 0) is 4.79 Å². The van der Waals surface area contributed by atoms with E-state index in [4.69, 9.17) is 0 Å². The highest BCUT2D eigenvalue weighted by Gasteiger charge is 2.37. The number of hydrogen-bond acceptors (Lipinski definition) is 3. The van der Waals surface area contributed by atoms with Gasteiger partial charge in [-0.3, -0.25) is 14.5 Å². The van der Waals surface area contributed by atoms with Gasteiger partial charge in [-0.25, -0.2) is 4.39 Å². The fourth-order valence-electron chi connectivity index (χ4n) is 4.39. The number of nitrogens with one attached hydrogen (secondary N) is 1. The second kappa shape index (κ2) is 9.50. The molecule has 2 fully saturated rings. The van der Waals surface area contributed by atoms with Crippen molar-refractivity contribution in [2.45, 2.75) is 58.0 Å². The van der Waals surface area contributed by atoms with Crippen molar-refractivity contribution in [3.63, 3.8) is 0 Å². The Labute approximate surface area is 167 Å². The van der Waals surface area contributed by atoms with E-state index >= 15 is 0 Å². The van der Waals surface area contributed by atoms with Crippen LogP contribution in [0.3, 0.4) is 0 Å². The molecule has 0 aromatic heterocycles. The summed E-state index contributed by atoms with van der Waals surface area (Å²) in [5.41, 5.74) is 0.123. The summed E-state index contributed by atoms with van der Waals surface area (Å²) < 4.78 is 14.0. The predicted molar refractivity (Wildman–Crippen MR) is 108 cm³/mol. The van der Waals surface area contributed by atoms with Crippen molar-refractivity contribution < 1.29 is 14.0 Å². The lowest BCUT2D eigenvalue weighted by Gasteiger charge is -2.41. The second-order valence-corrected chi connectivity index (χ2v) is 8.12. The first-order chi connectivity index (χ1) is 13.5. The summed E-state index contributed by atoms with van der Waals surface area (Å²) in [4.78, 5) is 29.6. The number of amides is 2. The fraction of sp³-hybridized carbons (Fsp3) is 0.636. The first-order valence-corrected chi connectivity index (χ1v) is 10.6. The standard InChI is InChI=1S/C22H32FN3O2/c1-3-16(2)24-21(27)20(17-8-4-5-9-17)25-12-14-26(15-13-25)22(28)18-10-6-7-11-19(18)23/h6-7,10-11,16-17,20H,3-5,8-9,12-15H2,1-2H3,(H,24,27)/t16-,20+/m1/s1. The normalized spacial score (nSPS) is 20.8. The van der Waals surface area contributed by atoms with Crippen molar-refractivity contribution >= 4 is 11.8 Å². The molecule has 2 aliphatic rings. The van der Waals surface area contributed by atoms with Crippen molar-refractivity contribution in [1.82, 2.24) is 15.1 Å². The van der Waals surface area contributed by atoms with Crippen molar-refractivity contribution in [3.8, 4) is 0 Å². The van der Waals surface area contributed by atoms with Crippen LogP contribution in [0.15, 0.2) is 24.3 Å². The van der Waals surface area contributed by atoms with E-state index in [-0.39, 0.29) is 29.5 Å². The third kappa shape index (κ3) is 4.72. The van der Waals surface area contributed by atoms with E-state index in [1.807, 2.05) is 6.92 Å². The van der Waals surface area contributed by atoms with Gasteiger partial charge < -0.3 is 10.2 Å². The van der Waals surface area contributed by atoms with E-state index in [9.17, 15) is 14.0 Å². The molecule has 0 radical (unpaired) electrons. The molecule has 1 aliphatic carbocycles. The molecule has 6 heteroatoms. The molecule has 1 saturated carbocycles. The van der Waals surface area contributed by atoms with Crippen LogP contribution in [0.25, 0.3) is 0 Å². The second-order valence-electron chi connectivity index (χ2n) is 8.12. The van der Waals surface area contributed by atoms with Gasteiger partial charge in [-0.2, -0.15) is 0 Å². The Hall–Kier alpha value is -1.95. The lowest BCUT2D eigenvalue weighted by molar-refractivity contribution is -0.129. The molecule has 1 N–H and O–H groups in total. The van der Waals surface area contributed by atoms with E-state index in [0.29, 0.717) is 32.1 Å². The summed E-state index contributed by atoms with van der Waals surface area (Å²) in [6.07, 6.45) is 5.46. The van der Waals surface area contributed by atoms with E-state index in [0.717, 1.165) is 19.3 Å². The summed E-state index contributed by atoms with van der Waals surface area (Å²) >= 11 is 0. The first-order valence-electron chi connectivity index (χ1n) is 10.6. The molecule has 1 saturated heterocycles. The van der Waals surface area contributed by atoms with Crippen LogP contribution >= 0.6 is 0 Å². The molecule has 5 nitrogen and oxygen atoms in total. The van der Waals surface area contributed by atoms with Crippen LogP contribution in [-0.4, -0.2) is 59.9 Å². The highest BCUT2D eigenvalue weighted by molar-refractivity contribution is 5.94. The van der Waals surface area contributed by atoms with E-state index < -0.39 is 5.82 Å². The molecule has 1 heterocycles. The van der Waals surface area contributed by atoms with Crippen LogP contribution < -0.4 is 5.32 Å². The minimum Gasteiger partial charge on any atom is -0.352 e. The van der Waals surface area contributed by atoms with Crippen molar-refractivity contribution in [2.24, 2.45) is 5.92 Å². The Morgan fingerprint density at radius 1 is 1.14 bits per heavy atom. The third-order valence-corrected chi connectivity index (χ3v) is 6.22. The maximum atomic E-state index is 14.0. The van der Waals surface area contributed by atoms with Crippen LogP contribution in [0.1, 0.15) is 56.3 Å². The Kier molecular flexibility index (Phi) is 7.05. The Balaban J connectivity index is 1.65. The van der Waals surface area contributed by atoms with Crippen LogP contribution in [0.5, 0.6) is 0 Å². The van der Waals surface area contributed by atoms with Gasteiger partial charge in [0.25, 0.3) is 5.91 Å². The zero-order valence-electron chi connectivity index (χ0n) is 17.0. The molecule has 2 amide bonds. The van der Waals surface area contributed by atoms with Crippen LogP contribution in [0.4, 0.5) is 4.39 Å². The molecule has 0 spiro atoms. The average molecular weight is 390 g/mol. The summed E-state index contributed by atoms with van der Waals surface area (Å²) in [5, 5.41) is 3.16. The van der Waals surface area contributed by atoms with E-state index in [2.05, 4.69) is 17.1 Å². The highest BCUT2D eigenvalue weighted by Crippen LogP contribution is 2.31. The number of nitrogens with zero attached hydrogens (tertiary/aromatic N) is 2. The zero-order valence-corrected chi connectivity index (χ0v) is 17.0. The molecule has 1 aromatic rings. The van der Waals surface area contributed by atoms with Gasteiger partial charge in [0.15, 0.2) is 0 Å². The molecule has 2 atom stereocenters. The lowest BCUT2D eigenvalue weighted by Crippen LogP contribution is -2.58. The minimum atomic E-state index is -0.480. The zero-order chi connectivity index (χ0) is 20.1. The van der Waals surface area contributed by atoms with Gasteiger partial charge in [0, 0.05) is 32.2 Å². The number of rotatable bonds is 6. The van der Waals surface area contributed by atoms with Gasteiger partial charge in [-0.15, -0.1) is 0 Å². The summed E-state index contributed by atoms with van der Waals surface area (Å²) in [7, 11) is 0. The molecule has 0 unspecified atom stereocenters. The van der Waals surface area contributed by atoms with Gasteiger partial charge in [0.1, 0.15) is 5.82 Å². The lowest BCUT2D eigenvalue weighted by atomic mass is 9.94. The van der Waals surface area contributed by atoms with Crippen molar-refractivity contribution in [2.75, 3.05) is 26.2 Å². The summed E-state index contributed by atoms with van der Waals surface area (Å²) in [6.45, 7) is 6.45. The summed E-state index contributed by atoms with van der Waals surface area (Å²) in [5.74, 6) is -0.237. The maximum Gasteiger partial charge on any atom is 0.256 e. The number of benzene rings is 1. The number of piperazine rings is 1. The van der Waals surface area contributed by atoms with Crippen LogP contribution in [0, 0.1) is 11.7 Å². The molecule has 3 rings (SSSR count). The minimum absolute atomic E-state index is 0.120. The predicted octanol–water partition coefficient (Wildman–Crippen LogP) is 3.06. The maximum absolute atomic E-state index is 14.0. The average Bonchev–Trinajstić information content (AvgIpc) is 3.22. The van der Waals surface area contributed by atoms with E-state index in [1.165, 1.54) is 25.0 Å². The molecule has 28 heavy (non-hydrogen) atoms. The van der Waals surface area contributed by atoms with Gasteiger partial charge in [0.05, 0.1) is 11.6 Å². The summed E-state index contributed by atoms with van der Waals surface area (Å²) in [6, 6.07) is 6.17. The quantitative estimate of drug-likeness (QED) is 0.814. The third-order valence-electron chi connectivity index (χ3n) is 6.22. The number of carbonyl (C=O) groups is 2. The largest absolute Gasteiger partial charge is 0.352 e. The monoisotopic (exact) mass is 389 g/mol.